The smallest absolute Gasteiger partial charge is 0.323 e. The van der Waals surface area contributed by atoms with Gasteiger partial charge < -0.3 is 15.0 Å². The Labute approximate surface area is 105 Å². The molecule has 1 aliphatic heterocycles. The van der Waals surface area contributed by atoms with E-state index in [9.17, 15) is 4.79 Å². The number of rotatable bonds is 5. The summed E-state index contributed by atoms with van der Waals surface area (Å²) in [5, 5.41) is 3.35. The van der Waals surface area contributed by atoms with Gasteiger partial charge >= 0.3 is 5.97 Å². The SMILES string of the molecule is COC(=O)C(NCC1CCCCN1C)C(C)C. The molecule has 17 heavy (non-hydrogen) atoms. The van der Waals surface area contributed by atoms with Crippen LogP contribution in [0.15, 0.2) is 0 Å². The number of ether oxygens (including phenoxy) is 1. The number of hydrogen-bond donors (Lipinski definition) is 1. The van der Waals surface area contributed by atoms with E-state index in [1.165, 1.54) is 26.4 Å². The van der Waals surface area contributed by atoms with E-state index >= 15 is 0 Å². The van der Waals surface area contributed by atoms with Crippen LogP contribution < -0.4 is 5.32 Å². The second-order valence-electron chi connectivity index (χ2n) is 5.28. The first kappa shape index (κ1) is 14.5. The Morgan fingerprint density at radius 2 is 2.18 bits per heavy atom. The highest BCUT2D eigenvalue weighted by Crippen LogP contribution is 2.14. The van der Waals surface area contributed by atoms with Gasteiger partial charge in [-0.15, -0.1) is 0 Å². The lowest BCUT2D eigenvalue weighted by molar-refractivity contribution is -0.144. The number of methoxy groups -OCH3 is 1. The van der Waals surface area contributed by atoms with Crippen LogP contribution in [-0.4, -0.2) is 50.2 Å². The van der Waals surface area contributed by atoms with Crippen LogP contribution in [0.1, 0.15) is 33.1 Å². The minimum Gasteiger partial charge on any atom is -0.468 e. The molecule has 1 heterocycles. The van der Waals surface area contributed by atoms with Gasteiger partial charge in [0.2, 0.25) is 0 Å². The van der Waals surface area contributed by atoms with Crippen LogP contribution in [0.3, 0.4) is 0 Å². The van der Waals surface area contributed by atoms with E-state index in [-0.39, 0.29) is 17.9 Å². The zero-order valence-electron chi connectivity index (χ0n) is 11.5. The van der Waals surface area contributed by atoms with Crippen LogP contribution in [0.25, 0.3) is 0 Å². The Balaban J connectivity index is 2.42. The maximum absolute atomic E-state index is 11.6. The van der Waals surface area contributed by atoms with Crippen molar-refractivity contribution in [3.8, 4) is 0 Å². The van der Waals surface area contributed by atoms with Crippen molar-refractivity contribution in [3.63, 3.8) is 0 Å². The molecule has 0 spiro atoms. The van der Waals surface area contributed by atoms with Gasteiger partial charge in [-0.05, 0) is 32.4 Å². The van der Waals surface area contributed by atoms with E-state index in [2.05, 4.69) is 17.3 Å². The van der Waals surface area contributed by atoms with Crippen molar-refractivity contribution in [1.82, 2.24) is 10.2 Å². The minimum atomic E-state index is -0.185. The van der Waals surface area contributed by atoms with Crippen molar-refractivity contribution >= 4 is 5.97 Å². The van der Waals surface area contributed by atoms with Crippen LogP contribution in [0, 0.1) is 5.92 Å². The number of likely N-dealkylation sites (tertiary alicyclic amines) is 1. The normalized spacial score (nSPS) is 23.7. The van der Waals surface area contributed by atoms with Crippen LogP contribution in [0.4, 0.5) is 0 Å². The molecule has 100 valence electrons. The van der Waals surface area contributed by atoms with Gasteiger partial charge in [-0.3, -0.25) is 4.79 Å². The van der Waals surface area contributed by atoms with Crippen molar-refractivity contribution < 1.29 is 9.53 Å². The molecule has 4 heteroatoms. The van der Waals surface area contributed by atoms with E-state index in [0.29, 0.717) is 6.04 Å². The van der Waals surface area contributed by atoms with Crippen LogP contribution in [-0.2, 0) is 9.53 Å². The summed E-state index contributed by atoms with van der Waals surface area (Å²) in [6, 6.07) is 0.366. The Morgan fingerprint density at radius 1 is 1.47 bits per heavy atom. The average molecular weight is 242 g/mol. The highest BCUT2D eigenvalue weighted by Gasteiger charge is 2.25. The first-order chi connectivity index (χ1) is 8.06. The Kier molecular flexibility index (Phi) is 5.92. The zero-order chi connectivity index (χ0) is 12.8. The van der Waals surface area contributed by atoms with E-state index < -0.39 is 0 Å². The molecule has 0 aromatic carbocycles. The third kappa shape index (κ3) is 4.28. The molecule has 1 rings (SSSR count). The molecule has 1 N–H and O–H groups in total. The molecule has 0 aromatic heterocycles. The summed E-state index contributed by atoms with van der Waals surface area (Å²) in [6.45, 7) is 6.11. The fraction of sp³-hybridized carbons (Fsp3) is 0.923. The number of esters is 1. The molecule has 0 amide bonds. The molecular weight excluding hydrogens is 216 g/mol. The number of hydrogen-bond acceptors (Lipinski definition) is 4. The highest BCUT2D eigenvalue weighted by atomic mass is 16.5. The van der Waals surface area contributed by atoms with E-state index in [4.69, 9.17) is 4.74 Å². The number of likely N-dealkylation sites (N-methyl/N-ethyl adjacent to an activating group) is 1. The first-order valence-corrected chi connectivity index (χ1v) is 6.57. The number of carbonyl (C=O) groups excluding carboxylic acids is 1. The number of carbonyl (C=O) groups is 1. The third-order valence-electron chi connectivity index (χ3n) is 3.62. The summed E-state index contributed by atoms with van der Waals surface area (Å²) in [4.78, 5) is 14.0. The summed E-state index contributed by atoms with van der Waals surface area (Å²) < 4.78 is 4.83. The quantitative estimate of drug-likeness (QED) is 0.737. The van der Waals surface area contributed by atoms with Crippen molar-refractivity contribution in [2.75, 3.05) is 27.2 Å². The fourth-order valence-corrected chi connectivity index (χ4v) is 2.38. The lowest BCUT2D eigenvalue weighted by atomic mass is 10.0. The topological polar surface area (TPSA) is 41.6 Å². The van der Waals surface area contributed by atoms with Gasteiger partial charge in [0.05, 0.1) is 7.11 Å². The zero-order valence-corrected chi connectivity index (χ0v) is 11.5. The van der Waals surface area contributed by atoms with Crippen LogP contribution in [0.2, 0.25) is 0 Å². The summed E-state index contributed by atoms with van der Waals surface area (Å²) in [6.07, 6.45) is 3.80. The second kappa shape index (κ2) is 6.97. The first-order valence-electron chi connectivity index (χ1n) is 6.57. The van der Waals surface area contributed by atoms with Gasteiger partial charge in [-0.1, -0.05) is 20.3 Å². The molecular formula is C13H26N2O2. The molecule has 4 nitrogen and oxygen atoms in total. The second-order valence-corrected chi connectivity index (χ2v) is 5.28. The van der Waals surface area contributed by atoms with Gasteiger partial charge in [-0.25, -0.2) is 0 Å². The van der Waals surface area contributed by atoms with E-state index in [0.717, 1.165) is 13.1 Å². The molecule has 0 aromatic rings. The molecule has 0 saturated carbocycles. The molecule has 0 bridgehead atoms. The molecule has 0 aliphatic carbocycles. The Hall–Kier alpha value is -0.610. The summed E-state index contributed by atoms with van der Waals surface area (Å²) in [5.74, 6) is 0.106. The van der Waals surface area contributed by atoms with Gasteiger partial charge in [0.25, 0.3) is 0 Å². The maximum atomic E-state index is 11.6. The van der Waals surface area contributed by atoms with E-state index in [1.54, 1.807) is 0 Å². The average Bonchev–Trinajstić information content (AvgIpc) is 2.30. The fourth-order valence-electron chi connectivity index (χ4n) is 2.38. The maximum Gasteiger partial charge on any atom is 0.323 e. The van der Waals surface area contributed by atoms with Crippen molar-refractivity contribution in [2.24, 2.45) is 5.92 Å². The van der Waals surface area contributed by atoms with Crippen molar-refractivity contribution in [3.05, 3.63) is 0 Å². The molecule has 2 unspecified atom stereocenters. The summed E-state index contributed by atoms with van der Waals surface area (Å²) in [5.41, 5.74) is 0. The standard InChI is InChI=1S/C13H26N2O2/c1-10(2)12(13(16)17-4)14-9-11-7-5-6-8-15(11)3/h10-12,14H,5-9H2,1-4H3. The number of nitrogens with zero attached hydrogens (tertiary/aromatic N) is 1. The van der Waals surface area contributed by atoms with E-state index in [1.807, 2.05) is 13.8 Å². The van der Waals surface area contributed by atoms with Gasteiger partial charge in [0, 0.05) is 12.6 Å². The van der Waals surface area contributed by atoms with Gasteiger partial charge in [-0.2, -0.15) is 0 Å². The Morgan fingerprint density at radius 3 is 2.71 bits per heavy atom. The predicted octanol–water partition coefficient (Wildman–Crippen LogP) is 1.26. The number of piperidine rings is 1. The molecule has 1 fully saturated rings. The minimum absolute atomic E-state index is 0.154. The highest BCUT2D eigenvalue weighted by molar-refractivity contribution is 5.75. The summed E-state index contributed by atoms with van der Waals surface area (Å²) >= 11 is 0. The van der Waals surface area contributed by atoms with Crippen molar-refractivity contribution in [2.45, 2.75) is 45.2 Å². The van der Waals surface area contributed by atoms with Crippen LogP contribution in [0.5, 0.6) is 0 Å². The third-order valence-corrected chi connectivity index (χ3v) is 3.62. The largest absolute Gasteiger partial charge is 0.468 e. The van der Waals surface area contributed by atoms with Gasteiger partial charge in [0.1, 0.15) is 6.04 Å². The molecule has 1 aliphatic rings. The lowest BCUT2D eigenvalue weighted by Gasteiger charge is -2.34. The summed E-state index contributed by atoms with van der Waals surface area (Å²) in [7, 11) is 3.61. The monoisotopic (exact) mass is 242 g/mol. The molecule has 2 atom stereocenters. The predicted molar refractivity (Wildman–Crippen MR) is 68.9 cm³/mol. The van der Waals surface area contributed by atoms with Crippen molar-refractivity contribution in [1.29, 1.82) is 0 Å². The molecule has 0 radical (unpaired) electrons. The Bertz CT molecular complexity index is 244. The lowest BCUT2D eigenvalue weighted by Crippen LogP contribution is -2.49. The molecule has 1 saturated heterocycles. The van der Waals surface area contributed by atoms with Gasteiger partial charge in [0.15, 0.2) is 0 Å². The number of nitrogens with one attached hydrogen (secondary N) is 1. The van der Waals surface area contributed by atoms with Crippen LogP contribution >= 0.6 is 0 Å².